The van der Waals surface area contributed by atoms with Gasteiger partial charge in [0.1, 0.15) is 10.6 Å². The number of carbonyl (C=O) groups excluding carboxylic acids is 1. The molecular formula is C18H18Cl2N2O4S. The molecular weight excluding hydrogens is 411 g/mol. The third kappa shape index (κ3) is 4.21. The lowest BCUT2D eigenvalue weighted by molar-refractivity contribution is 0.0698. The van der Waals surface area contributed by atoms with Gasteiger partial charge in [-0.15, -0.1) is 0 Å². The van der Waals surface area contributed by atoms with Gasteiger partial charge in [0.25, 0.3) is 5.91 Å². The Kier molecular flexibility index (Phi) is 5.95. The number of nitrogens with zero attached hydrogens (tertiary/aromatic N) is 2. The Morgan fingerprint density at radius 1 is 1.00 bits per heavy atom. The summed E-state index contributed by atoms with van der Waals surface area (Å²) in [6.07, 6.45) is 0. The number of halogens is 2. The summed E-state index contributed by atoms with van der Waals surface area (Å²) in [7, 11) is -2.22. The number of ether oxygens (including phenoxy) is 1. The molecule has 3 rings (SSSR count). The lowest BCUT2D eigenvalue weighted by Crippen LogP contribution is -2.50. The maximum atomic E-state index is 12.8. The summed E-state index contributed by atoms with van der Waals surface area (Å²) in [5.41, 5.74) is 0.532. The number of piperazine rings is 1. The Hall–Kier alpha value is -1.80. The summed E-state index contributed by atoms with van der Waals surface area (Å²) in [4.78, 5) is 14.2. The molecule has 1 amide bonds. The summed E-state index contributed by atoms with van der Waals surface area (Å²) in [5.74, 6) is 0.524. The highest BCUT2D eigenvalue weighted by molar-refractivity contribution is 7.89. The number of rotatable bonds is 4. The van der Waals surface area contributed by atoms with E-state index in [0.717, 1.165) is 0 Å². The number of hydrogen-bond donors (Lipinski definition) is 0. The van der Waals surface area contributed by atoms with E-state index in [1.807, 2.05) is 0 Å². The van der Waals surface area contributed by atoms with E-state index in [2.05, 4.69) is 0 Å². The number of carbonyl (C=O) groups is 1. The van der Waals surface area contributed by atoms with Crippen LogP contribution < -0.4 is 4.74 Å². The van der Waals surface area contributed by atoms with Gasteiger partial charge in [-0.3, -0.25) is 4.79 Å². The van der Waals surface area contributed by atoms with Crippen molar-refractivity contribution < 1.29 is 17.9 Å². The summed E-state index contributed by atoms with van der Waals surface area (Å²) in [6, 6.07) is 11.2. The molecule has 0 atom stereocenters. The first-order valence-electron chi connectivity index (χ1n) is 8.21. The van der Waals surface area contributed by atoms with Crippen molar-refractivity contribution in [2.24, 2.45) is 0 Å². The molecule has 0 aliphatic carbocycles. The second-order valence-corrected chi connectivity index (χ2v) is 8.75. The number of methoxy groups -OCH3 is 1. The molecule has 6 nitrogen and oxygen atoms in total. The molecule has 1 heterocycles. The van der Waals surface area contributed by atoms with E-state index < -0.39 is 10.0 Å². The zero-order chi connectivity index (χ0) is 19.6. The van der Waals surface area contributed by atoms with Crippen LogP contribution in [0, 0.1) is 0 Å². The Morgan fingerprint density at radius 2 is 1.63 bits per heavy atom. The smallest absolute Gasteiger partial charge is 0.253 e. The zero-order valence-corrected chi connectivity index (χ0v) is 16.9. The van der Waals surface area contributed by atoms with Gasteiger partial charge < -0.3 is 9.64 Å². The van der Waals surface area contributed by atoms with Gasteiger partial charge in [0, 0.05) is 36.8 Å². The Balaban J connectivity index is 1.70. The minimum Gasteiger partial charge on any atom is -0.497 e. The molecule has 0 spiro atoms. The topological polar surface area (TPSA) is 66.9 Å². The molecule has 0 aromatic heterocycles. The van der Waals surface area contributed by atoms with Crippen molar-refractivity contribution >= 4 is 39.1 Å². The number of benzene rings is 2. The first-order valence-corrected chi connectivity index (χ1v) is 10.4. The van der Waals surface area contributed by atoms with Crippen LogP contribution >= 0.6 is 23.2 Å². The summed E-state index contributed by atoms with van der Waals surface area (Å²) < 4.78 is 32.1. The Labute approximate surface area is 168 Å². The van der Waals surface area contributed by atoms with Crippen molar-refractivity contribution in [2.45, 2.75) is 4.90 Å². The van der Waals surface area contributed by atoms with E-state index in [1.54, 1.807) is 36.3 Å². The van der Waals surface area contributed by atoms with E-state index in [0.29, 0.717) is 29.4 Å². The first-order chi connectivity index (χ1) is 12.8. The van der Waals surface area contributed by atoms with Crippen LogP contribution in [0.3, 0.4) is 0 Å². The fourth-order valence-corrected chi connectivity index (χ4v) is 5.02. The van der Waals surface area contributed by atoms with Crippen molar-refractivity contribution in [3.05, 3.63) is 58.1 Å². The third-order valence-electron chi connectivity index (χ3n) is 4.37. The molecule has 0 saturated carbocycles. The average Bonchev–Trinajstić information content (AvgIpc) is 2.69. The van der Waals surface area contributed by atoms with Crippen molar-refractivity contribution in [1.29, 1.82) is 0 Å². The van der Waals surface area contributed by atoms with Gasteiger partial charge in [-0.25, -0.2) is 8.42 Å². The minimum atomic E-state index is -3.78. The van der Waals surface area contributed by atoms with Gasteiger partial charge in [-0.2, -0.15) is 4.31 Å². The molecule has 144 valence electrons. The lowest BCUT2D eigenvalue weighted by Gasteiger charge is -2.34. The van der Waals surface area contributed by atoms with Crippen LogP contribution in [0.1, 0.15) is 10.4 Å². The zero-order valence-electron chi connectivity index (χ0n) is 14.6. The quantitative estimate of drug-likeness (QED) is 0.749. The number of sulfonamides is 1. The fourth-order valence-electron chi connectivity index (χ4n) is 2.86. The molecule has 1 fully saturated rings. The van der Waals surface area contributed by atoms with Crippen LogP contribution in [-0.2, 0) is 10.0 Å². The van der Waals surface area contributed by atoms with Crippen LogP contribution in [0.2, 0.25) is 10.0 Å². The van der Waals surface area contributed by atoms with Crippen molar-refractivity contribution in [3.63, 3.8) is 0 Å². The van der Waals surface area contributed by atoms with E-state index in [1.165, 1.54) is 22.5 Å². The van der Waals surface area contributed by atoms with Crippen molar-refractivity contribution in [2.75, 3.05) is 33.3 Å². The molecule has 2 aromatic rings. The average molecular weight is 429 g/mol. The number of amides is 1. The van der Waals surface area contributed by atoms with Gasteiger partial charge in [0.15, 0.2) is 0 Å². The van der Waals surface area contributed by atoms with Crippen LogP contribution in [0.5, 0.6) is 5.75 Å². The van der Waals surface area contributed by atoms with Gasteiger partial charge in [-0.1, -0.05) is 23.2 Å². The molecule has 27 heavy (non-hydrogen) atoms. The molecule has 0 bridgehead atoms. The van der Waals surface area contributed by atoms with Crippen LogP contribution in [0.25, 0.3) is 0 Å². The van der Waals surface area contributed by atoms with E-state index in [4.69, 9.17) is 27.9 Å². The van der Waals surface area contributed by atoms with Crippen LogP contribution in [0.4, 0.5) is 0 Å². The predicted molar refractivity (Wildman–Crippen MR) is 104 cm³/mol. The Bertz CT molecular complexity index is 940. The van der Waals surface area contributed by atoms with Gasteiger partial charge >= 0.3 is 0 Å². The molecule has 0 N–H and O–H groups in total. The van der Waals surface area contributed by atoms with Crippen LogP contribution in [-0.4, -0.2) is 56.8 Å². The van der Waals surface area contributed by atoms with E-state index in [9.17, 15) is 13.2 Å². The first kappa shape index (κ1) is 19.9. The highest BCUT2D eigenvalue weighted by Crippen LogP contribution is 2.28. The minimum absolute atomic E-state index is 0.0217. The monoisotopic (exact) mass is 428 g/mol. The fraction of sp³-hybridized carbons (Fsp3) is 0.278. The lowest BCUT2D eigenvalue weighted by atomic mass is 10.2. The van der Waals surface area contributed by atoms with E-state index in [-0.39, 0.29) is 28.9 Å². The van der Waals surface area contributed by atoms with Gasteiger partial charge in [0.2, 0.25) is 10.0 Å². The summed E-state index contributed by atoms with van der Waals surface area (Å²) in [6.45, 7) is 0.963. The largest absolute Gasteiger partial charge is 0.497 e. The highest BCUT2D eigenvalue weighted by atomic mass is 35.5. The second-order valence-electron chi connectivity index (χ2n) is 6.00. The molecule has 1 saturated heterocycles. The summed E-state index contributed by atoms with van der Waals surface area (Å²) >= 11 is 12.0. The second kappa shape index (κ2) is 8.06. The van der Waals surface area contributed by atoms with Gasteiger partial charge in [0.05, 0.1) is 12.1 Å². The predicted octanol–water partition coefficient (Wildman–Crippen LogP) is 3.15. The van der Waals surface area contributed by atoms with E-state index >= 15 is 0 Å². The van der Waals surface area contributed by atoms with Crippen molar-refractivity contribution in [1.82, 2.24) is 9.21 Å². The van der Waals surface area contributed by atoms with Crippen LogP contribution in [0.15, 0.2) is 47.4 Å². The molecule has 9 heteroatoms. The highest BCUT2D eigenvalue weighted by Gasteiger charge is 2.31. The molecule has 0 unspecified atom stereocenters. The molecule has 1 aliphatic rings. The molecule has 2 aromatic carbocycles. The van der Waals surface area contributed by atoms with Crippen molar-refractivity contribution in [3.8, 4) is 5.75 Å². The standard InChI is InChI=1S/C18H18Cl2N2O4S/c1-26-15-5-2-13(3-6-15)18(23)21-8-10-22(11-9-21)27(24,25)17-12-14(19)4-7-16(17)20/h2-7,12H,8-11H2,1H3. The maximum absolute atomic E-state index is 12.8. The molecule has 1 aliphatic heterocycles. The molecule has 0 radical (unpaired) electrons. The number of hydrogen-bond acceptors (Lipinski definition) is 4. The Morgan fingerprint density at radius 3 is 2.22 bits per heavy atom. The normalized spacial score (nSPS) is 15.6. The third-order valence-corrected chi connectivity index (χ3v) is 6.99. The summed E-state index contributed by atoms with van der Waals surface area (Å²) in [5, 5.41) is 0.419. The maximum Gasteiger partial charge on any atom is 0.253 e. The SMILES string of the molecule is COc1ccc(C(=O)N2CCN(S(=O)(=O)c3cc(Cl)ccc3Cl)CC2)cc1. The van der Waals surface area contributed by atoms with Gasteiger partial charge in [-0.05, 0) is 42.5 Å².